The van der Waals surface area contributed by atoms with Gasteiger partial charge in [-0.2, -0.15) is 0 Å². The average molecular weight is 398 g/mol. The fourth-order valence-electron chi connectivity index (χ4n) is 4.11. The van der Waals surface area contributed by atoms with Crippen molar-refractivity contribution in [1.29, 1.82) is 0 Å². The van der Waals surface area contributed by atoms with Gasteiger partial charge in [-0.25, -0.2) is 4.39 Å². The molecule has 0 amide bonds. The summed E-state index contributed by atoms with van der Waals surface area (Å²) < 4.78 is 18.5. The Morgan fingerprint density at radius 1 is 1.03 bits per heavy atom. The Morgan fingerprint density at radius 2 is 1.79 bits per heavy atom. The van der Waals surface area contributed by atoms with Gasteiger partial charge in [0.05, 0.1) is 12.1 Å². The topological polar surface area (TPSA) is 39.2 Å². The maximum absolute atomic E-state index is 13.0. The molecule has 3 rings (SSSR count). The van der Waals surface area contributed by atoms with Crippen LogP contribution in [0.1, 0.15) is 69.5 Å². The van der Waals surface area contributed by atoms with Gasteiger partial charge in [0.25, 0.3) is 0 Å². The van der Waals surface area contributed by atoms with Crippen molar-refractivity contribution in [3.8, 4) is 5.75 Å². The molecule has 0 radical (unpaired) electrons. The molecule has 1 saturated carbocycles. The van der Waals surface area contributed by atoms with E-state index in [0.717, 1.165) is 55.7 Å². The van der Waals surface area contributed by atoms with E-state index in [-0.39, 0.29) is 17.7 Å². The normalized spacial score (nSPS) is 19.1. The van der Waals surface area contributed by atoms with Gasteiger partial charge in [-0.05, 0) is 74.3 Å². The van der Waals surface area contributed by atoms with E-state index in [4.69, 9.17) is 4.74 Å². The lowest BCUT2D eigenvalue weighted by Crippen LogP contribution is -2.25. The predicted octanol–water partition coefficient (Wildman–Crippen LogP) is 6.30. The van der Waals surface area contributed by atoms with Crippen LogP contribution in [0.25, 0.3) is 0 Å². The van der Waals surface area contributed by atoms with Crippen molar-refractivity contribution >= 4 is 5.97 Å². The van der Waals surface area contributed by atoms with Crippen molar-refractivity contribution in [2.24, 2.45) is 11.8 Å². The summed E-state index contributed by atoms with van der Waals surface area (Å²) in [4.78, 5) is 16.9. The van der Waals surface area contributed by atoms with Crippen molar-refractivity contribution in [3.63, 3.8) is 0 Å². The summed E-state index contributed by atoms with van der Waals surface area (Å²) in [7, 11) is 0. The lowest BCUT2D eigenvalue weighted by molar-refractivity contribution is -0.140. The average Bonchev–Trinajstić information content (AvgIpc) is 2.75. The first-order valence-corrected chi connectivity index (χ1v) is 11.0. The van der Waals surface area contributed by atoms with E-state index < -0.39 is 0 Å². The largest absolute Gasteiger partial charge is 0.425 e. The molecule has 0 unspecified atom stereocenters. The molecule has 4 heteroatoms. The zero-order valence-electron chi connectivity index (χ0n) is 17.4. The molecule has 0 atom stereocenters. The lowest BCUT2D eigenvalue weighted by Gasteiger charge is -2.27. The molecule has 1 aromatic carbocycles. The van der Waals surface area contributed by atoms with Gasteiger partial charge in [0.2, 0.25) is 0 Å². The Balaban J connectivity index is 1.41. The number of nitrogens with zero attached hydrogens (tertiary/aromatic N) is 1. The number of esters is 1. The zero-order chi connectivity index (χ0) is 20.5. The summed E-state index contributed by atoms with van der Waals surface area (Å²) >= 11 is 0. The number of rotatable bonds is 9. The Hall–Kier alpha value is -2.23. The summed E-state index contributed by atoms with van der Waals surface area (Å²) in [6.45, 7) is 2.24. The van der Waals surface area contributed by atoms with Crippen molar-refractivity contribution in [1.82, 2.24) is 4.98 Å². The third-order valence-corrected chi connectivity index (χ3v) is 6.00. The SMILES string of the molecule is CCCCC[C@H]1CC[C@H](C(=O)Oc2ccc(CCc3ccc(F)cc3)nc2)CC1. The van der Waals surface area contributed by atoms with E-state index in [1.165, 1.54) is 37.8 Å². The number of pyridine rings is 1. The quantitative estimate of drug-likeness (QED) is 0.368. The molecular formula is C25H32FNO2. The third-order valence-electron chi connectivity index (χ3n) is 6.00. The molecule has 0 saturated heterocycles. The number of aryl methyl sites for hydroxylation is 2. The highest BCUT2D eigenvalue weighted by atomic mass is 19.1. The second-order valence-electron chi connectivity index (χ2n) is 8.25. The van der Waals surface area contributed by atoms with Crippen LogP contribution in [0.4, 0.5) is 4.39 Å². The van der Waals surface area contributed by atoms with Gasteiger partial charge in [-0.3, -0.25) is 9.78 Å². The second-order valence-corrected chi connectivity index (χ2v) is 8.25. The van der Waals surface area contributed by atoms with Gasteiger partial charge in [0.15, 0.2) is 0 Å². The maximum atomic E-state index is 13.0. The van der Waals surface area contributed by atoms with Crippen LogP contribution >= 0.6 is 0 Å². The highest BCUT2D eigenvalue weighted by Crippen LogP contribution is 2.33. The van der Waals surface area contributed by atoms with Gasteiger partial charge in [-0.15, -0.1) is 0 Å². The first-order valence-electron chi connectivity index (χ1n) is 11.0. The Labute approximate surface area is 173 Å². The summed E-state index contributed by atoms with van der Waals surface area (Å²) in [5, 5.41) is 0. The van der Waals surface area contributed by atoms with E-state index in [1.54, 1.807) is 18.3 Å². The van der Waals surface area contributed by atoms with Gasteiger partial charge >= 0.3 is 5.97 Å². The number of ether oxygens (including phenoxy) is 1. The number of hydrogen-bond acceptors (Lipinski definition) is 3. The van der Waals surface area contributed by atoms with Crippen LogP contribution in [0.5, 0.6) is 5.75 Å². The van der Waals surface area contributed by atoms with Crippen molar-refractivity contribution in [2.45, 2.75) is 71.1 Å². The van der Waals surface area contributed by atoms with Crippen LogP contribution in [-0.4, -0.2) is 11.0 Å². The van der Waals surface area contributed by atoms with Crippen LogP contribution in [0.15, 0.2) is 42.6 Å². The first kappa shape index (κ1) is 21.5. The van der Waals surface area contributed by atoms with E-state index in [2.05, 4.69) is 11.9 Å². The molecule has 0 bridgehead atoms. The van der Waals surface area contributed by atoms with E-state index in [1.807, 2.05) is 12.1 Å². The summed E-state index contributed by atoms with van der Waals surface area (Å²) in [5.74, 6) is 0.995. The molecule has 0 spiro atoms. The minimum absolute atomic E-state index is 0.0237. The Kier molecular flexibility index (Phi) is 8.21. The van der Waals surface area contributed by atoms with Crippen molar-refractivity contribution in [2.75, 3.05) is 0 Å². The van der Waals surface area contributed by atoms with Crippen molar-refractivity contribution in [3.05, 3.63) is 59.7 Å². The van der Waals surface area contributed by atoms with Crippen molar-refractivity contribution < 1.29 is 13.9 Å². The molecule has 29 heavy (non-hydrogen) atoms. The number of halogens is 1. The number of aromatic nitrogens is 1. The Bertz CT molecular complexity index is 749. The fraction of sp³-hybridized carbons (Fsp3) is 0.520. The number of benzene rings is 1. The summed E-state index contributed by atoms with van der Waals surface area (Å²) in [6.07, 6.45) is 12.6. The molecule has 0 aliphatic heterocycles. The van der Waals surface area contributed by atoms with E-state index in [9.17, 15) is 9.18 Å². The van der Waals surface area contributed by atoms with Gasteiger partial charge in [0, 0.05) is 5.69 Å². The molecular weight excluding hydrogens is 365 g/mol. The highest BCUT2D eigenvalue weighted by molar-refractivity contribution is 5.75. The Morgan fingerprint density at radius 3 is 2.45 bits per heavy atom. The van der Waals surface area contributed by atoms with Crippen LogP contribution in [0.3, 0.4) is 0 Å². The van der Waals surface area contributed by atoms with Gasteiger partial charge in [-0.1, -0.05) is 44.7 Å². The van der Waals surface area contributed by atoms with Gasteiger partial charge in [0.1, 0.15) is 11.6 Å². The fourth-order valence-corrected chi connectivity index (χ4v) is 4.11. The number of carbonyl (C=O) groups is 1. The minimum atomic E-state index is -0.219. The second kappa shape index (κ2) is 11.1. The molecule has 3 nitrogen and oxygen atoms in total. The number of hydrogen-bond donors (Lipinski definition) is 0. The molecule has 1 aliphatic carbocycles. The molecule has 0 N–H and O–H groups in total. The monoisotopic (exact) mass is 397 g/mol. The smallest absolute Gasteiger partial charge is 0.314 e. The first-order chi connectivity index (χ1) is 14.1. The summed E-state index contributed by atoms with van der Waals surface area (Å²) in [6, 6.07) is 10.3. The number of carbonyl (C=O) groups excluding carboxylic acids is 1. The minimum Gasteiger partial charge on any atom is -0.425 e. The summed E-state index contributed by atoms with van der Waals surface area (Å²) in [5.41, 5.74) is 2.01. The van der Waals surface area contributed by atoms with E-state index in [0.29, 0.717) is 5.75 Å². The highest BCUT2D eigenvalue weighted by Gasteiger charge is 2.27. The molecule has 156 valence electrons. The third kappa shape index (κ3) is 6.95. The lowest BCUT2D eigenvalue weighted by atomic mass is 9.80. The molecule has 1 heterocycles. The zero-order valence-corrected chi connectivity index (χ0v) is 17.4. The molecule has 1 aliphatic rings. The molecule has 1 fully saturated rings. The molecule has 2 aromatic rings. The van der Waals surface area contributed by atoms with Crippen LogP contribution in [-0.2, 0) is 17.6 Å². The van der Waals surface area contributed by atoms with Gasteiger partial charge < -0.3 is 4.74 Å². The van der Waals surface area contributed by atoms with Crippen LogP contribution in [0.2, 0.25) is 0 Å². The number of unbranched alkanes of at least 4 members (excludes halogenated alkanes) is 2. The maximum Gasteiger partial charge on any atom is 0.314 e. The van der Waals surface area contributed by atoms with Crippen LogP contribution < -0.4 is 4.74 Å². The predicted molar refractivity (Wildman–Crippen MR) is 113 cm³/mol. The standard InChI is InChI=1S/C25H32FNO2/c1-2-3-4-5-19-6-11-21(12-7-19)25(28)29-24-17-16-23(27-18-24)15-10-20-8-13-22(26)14-9-20/h8-9,13-14,16-19,21H,2-7,10-12,15H2,1H3/t19-,21-. The van der Waals surface area contributed by atoms with E-state index >= 15 is 0 Å². The molecule has 1 aromatic heterocycles. The van der Waals surface area contributed by atoms with Crippen LogP contribution in [0, 0.1) is 17.7 Å².